The molecule has 0 bridgehead atoms. The first kappa shape index (κ1) is 19.6. The molecule has 0 N–H and O–H groups in total. The molecule has 2 aromatic rings. The van der Waals surface area contributed by atoms with E-state index in [1.54, 1.807) is 30.0 Å². The predicted octanol–water partition coefficient (Wildman–Crippen LogP) is 4.17. The third-order valence-corrected chi connectivity index (χ3v) is 5.39. The molecule has 1 aliphatic heterocycles. The molecule has 1 aliphatic rings. The number of hydrogen-bond donors (Lipinski definition) is 0. The number of halogens is 2. The van der Waals surface area contributed by atoms with E-state index in [-0.39, 0.29) is 11.6 Å². The fourth-order valence-corrected chi connectivity index (χ4v) is 3.69. The number of nitro benzene ring substituents is 1. The van der Waals surface area contributed by atoms with Crippen molar-refractivity contribution in [2.75, 3.05) is 26.2 Å². The van der Waals surface area contributed by atoms with Crippen LogP contribution in [0.25, 0.3) is 0 Å². The molecular formula is C19H19Cl2N3O3. The van der Waals surface area contributed by atoms with Crippen molar-refractivity contribution >= 4 is 34.8 Å². The number of piperazine rings is 1. The van der Waals surface area contributed by atoms with Gasteiger partial charge < -0.3 is 4.90 Å². The van der Waals surface area contributed by atoms with Crippen LogP contribution in [0.3, 0.4) is 0 Å². The van der Waals surface area contributed by atoms with Crippen molar-refractivity contribution in [1.82, 2.24) is 9.80 Å². The van der Waals surface area contributed by atoms with E-state index in [0.717, 1.165) is 5.56 Å². The minimum absolute atomic E-state index is 0.0307. The zero-order valence-electron chi connectivity index (χ0n) is 14.8. The average molecular weight is 408 g/mol. The van der Waals surface area contributed by atoms with Crippen LogP contribution in [-0.2, 0) is 6.54 Å². The summed E-state index contributed by atoms with van der Waals surface area (Å²) in [6, 6.07) is 10.1. The van der Waals surface area contributed by atoms with Gasteiger partial charge in [-0.1, -0.05) is 35.3 Å². The van der Waals surface area contributed by atoms with Crippen molar-refractivity contribution in [3.8, 4) is 0 Å². The van der Waals surface area contributed by atoms with Crippen LogP contribution in [0.15, 0.2) is 36.4 Å². The Hall–Kier alpha value is -2.15. The third-order valence-electron chi connectivity index (χ3n) is 4.80. The maximum absolute atomic E-state index is 12.8. The normalized spacial score (nSPS) is 15.0. The van der Waals surface area contributed by atoms with Crippen molar-refractivity contribution in [2.45, 2.75) is 13.5 Å². The van der Waals surface area contributed by atoms with Gasteiger partial charge in [0.15, 0.2) is 0 Å². The Kier molecular flexibility index (Phi) is 5.99. The molecule has 0 saturated carbocycles. The lowest BCUT2D eigenvalue weighted by atomic mass is 10.1. The van der Waals surface area contributed by atoms with E-state index >= 15 is 0 Å². The second-order valence-electron chi connectivity index (χ2n) is 6.51. The molecule has 1 heterocycles. The van der Waals surface area contributed by atoms with Gasteiger partial charge in [0, 0.05) is 60.0 Å². The molecule has 6 nitrogen and oxygen atoms in total. The van der Waals surface area contributed by atoms with E-state index in [9.17, 15) is 14.9 Å². The Bertz CT molecular complexity index is 880. The van der Waals surface area contributed by atoms with Gasteiger partial charge in [-0.15, -0.1) is 0 Å². The van der Waals surface area contributed by atoms with E-state index in [1.165, 1.54) is 6.07 Å². The van der Waals surface area contributed by atoms with Gasteiger partial charge in [0.1, 0.15) is 0 Å². The molecule has 0 aliphatic carbocycles. The quantitative estimate of drug-likeness (QED) is 0.563. The summed E-state index contributed by atoms with van der Waals surface area (Å²) in [7, 11) is 0. The molecule has 0 atom stereocenters. The molecule has 8 heteroatoms. The molecule has 1 fully saturated rings. The first-order valence-corrected chi connectivity index (χ1v) is 9.32. The van der Waals surface area contributed by atoms with Gasteiger partial charge in [0.25, 0.3) is 11.6 Å². The summed E-state index contributed by atoms with van der Waals surface area (Å²) in [4.78, 5) is 27.4. The van der Waals surface area contributed by atoms with E-state index in [0.29, 0.717) is 53.9 Å². The molecule has 0 aromatic heterocycles. The largest absolute Gasteiger partial charge is 0.336 e. The number of amides is 1. The third kappa shape index (κ3) is 4.40. The average Bonchev–Trinajstić information content (AvgIpc) is 2.64. The molecule has 2 aromatic carbocycles. The number of hydrogen-bond acceptors (Lipinski definition) is 4. The number of benzene rings is 2. The summed E-state index contributed by atoms with van der Waals surface area (Å²) in [6.45, 7) is 4.84. The van der Waals surface area contributed by atoms with E-state index in [4.69, 9.17) is 23.2 Å². The van der Waals surface area contributed by atoms with Crippen LogP contribution in [-0.4, -0.2) is 46.8 Å². The van der Waals surface area contributed by atoms with Crippen LogP contribution < -0.4 is 0 Å². The van der Waals surface area contributed by atoms with E-state index in [2.05, 4.69) is 4.90 Å². The highest BCUT2D eigenvalue weighted by Gasteiger charge is 2.25. The van der Waals surface area contributed by atoms with Gasteiger partial charge in [-0.2, -0.15) is 0 Å². The lowest BCUT2D eigenvalue weighted by Gasteiger charge is -2.35. The topological polar surface area (TPSA) is 66.7 Å². The van der Waals surface area contributed by atoms with E-state index in [1.807, 2.05) is 12.1 Å². The van der Waals surface area contributed by atoms with Gasteiger partial charge in [-0.05, 0) is 30.7 Å². The number of nitro groups is 1. The summed E-state index contributed by atoms with van der Waals surface area (Å²) in [6.07, 6.45) is 0. The summed E-state index contributed by atoms with van der Waals surface area (Å²) in [5, 5.41) is 12.3. The number of rotatable bonds is 4. The summed E-state index contributed by atoms with van der Waals surface area (Å²) in [5.41, 5.74) is 1.76. The van der Waals surface area contributed by atoms with Gasteiger partial charge in [-0.3, -0.25) is 19.8 Å². The minimum Gasteiger partial charge on any atom is -0.336 e. The highest BCUT2D eigenvalue weighted by Crippen LogP contribution is 2.24. The first-order chi connectivity index (χ1) is 12.9. The molecule has 27 heavy (non-hydrogen) atoms. The van der Waals surface area contributed by atoms with Crippen LogP contribution in [0.2, 0.25) is 10.0 Å². The monoisotopic (exact) mass is 407 g/mol. The highest BCUT2D eigenvalue weighted by atomic mass is 35.5. The van der Waals surface area contributed by atoms with Gasteiger partial charge in [0.2, 0.25) is 0 Å². The minimum atomic E-state index is -0.458. The van der Waals surface area contributed by atoms with E-state index < -0.39 is 4.92 Å². The van der Waals surface area contributed by atoms with Gasteiger partial charge in [0.05, 0.1) is 4.92 Å². The Morgan fingerprint density at radius 3 is 2.48 bits per heavy atom. The second-order valence-corrected chi connectivity index (χ2v) is 7.35. The Morgan fingerprint density at radius 1 is 1.15 bits per heavy atom. The summed E-state index contributed by atoms with van der Waals surface area (Å²) < 4.78 is 0. The standard InChI is InChI=1S/C19H19Cl2N3O3/c1-13-16(3-2-4-18(13)24(26)27)19(25)23-9-7-22(8-10-23)12-14-5-6-15(20)11-17(14)21/h2-6,11H,7-10,12H2,1H3. The zero-order chi connectivity index (χ0) is 19.6. The molecule has 0 unspecified atom stereocenters. The lowest BCUT2D eigenvalue weighted by molar-refractivity contribution is -0.385. The van der Waals surface area contributed by atoms with Crippen LogP contribution >= 0.6 is 23.2 Å². The summed E-state index contributed by atoms with van der Waals surface area (Å²) >= 11 is 12.2. The highest BCUT2D eigenvalue weighted by molar-refractivity contribution is 6.35. The van der Waals surface area contributed by atoms with Gasteiger partial charge in [-0.25, -0.2) is 0 Å². The number of carbonyl (C=O) groups excluding carboxylic acids is 1. The van der Waals surface area contributed by atoms with Crippen LogP contribution in [0.5, 0.6) is 0 Å². The van der Waals surface area contributed by atoms with Crippen LogP contribution in [0.4, 0.5) is 5.69 Å². The molecular weight excluding hydrogens is 389 g/mol. The summed E-state index contributed by atoms with van der Waals surface area (Å²) in [5.74, 6) is -0.166. The van der Waals surface area contributed by atoms with Crippen molar-refractivity contribution in [3.05, 3.63) is 73.2 Å². The maximum Gasteiger partial charge on any atom is 0.273 e. The Morgan fingerprint density at radius 2 is 1.85 bits per heavy atom. The molecule has 142 valence electrons. The van der Waals surface area contributed by atoms with Crippen LogP contribution in [0.1, 0.15) is 21.5 Å². The van der Waals surface area contributed by atoms with Crippen molar-refractivity contribution < 1.29 is 9.72 Å². The second kappa shape index (κ2) is 8.25. The predicted molar refractivity (Wildman–Crippen MR) is 105 cm³/mol. The first-order valence-electron chi connectivity index (χ1n) is 8.56. The molecule has 3 rings (SSSR count). The number of nitrogens with zero attached hydrogens (tertiary/aromatic N) is 3. The Balaban J connectivity index is 1.64. The fraction of sp³-hybridized carbons (Fsp3) is 0.316. The SMILES string of the molecule is Cc1c(C(=O)N2CCN(Cc3ccc(Cl)cc3Cl)CC2)cccc1[N+](=O)[O-]. The smallest absolute Gasteiger partial charge is 0.273 e. The van der Waals surface area contributed by atoms with Crippen LogP contribution in [0, 0.1) is 17.0 Å². The fourth-order valence-electron chi connectivity index (χ4n) is 3.22. The zero-order valence-corrected chi connectivity index (χ0v) is 16.3. The van der Waals surface area contributed by atoms with Crippen molar-refractivity contribution in [2.24, 2.45) is 0 Å². The van der Waals surface area contributed by atoms with Gasteiger partial charge >= 0.3 is 0 Å². The molecule has 0 radical (unpaired) electrons. The molecule has 1 amide bonds. The maximum atomic E-state index is 12.8. The molecule has 0 spiro atoms. The Labute approximate surface area is 167 Å². The van der Waals surface area contributed by atoms with Crippen molar-refractivity contribution in [3.63, 3.8) is 0 Å². The lowest BCUT2D eigenvalue weighted by Crippen LogP contribution is -2.48. The molecule has 1 saturated heterocycles. The van der Waals surface area contributed by atoms with Crippen molar-refractivity contribution in [1.29, 1.82) is 0 Å². The number of carbonyl (C=O) groups is 1.